The van der Waals surface area contributed by atoms with Gasteiger partial charge in [0.1, 0.15) is 5.82 Å². The molecule has 5 heteroatoms. The van der Waals surface area contributed by atoms with Gasteiger partial charge in [0, 0.05) is 5.56 Å². The van der Waals surface area contributed by atoms with Crippen LogP contribution in [0.2, 0.25) is 0 Å². The van der Waals surface area contributed by atoms with E-state index in [-0.39, 0.29) is 17.2 Å². The summed E-state index contributed by atoms with van der Waals surface area (Å²) in [5.41, 5.74) is -0.0971. The van der Waals surface area contributed by atoms with E-state index < -0.39 is 23.7 Å². The molecule has 1 rings (SSSR count). The van der Waals surface area contributed by atoms with Gasteiger partial charge in [0.25, 0.3) is 0 Å². The van der Waals surface area contributed by atoms with Gasteiger partial charge in [-0.1, -0.05) is 13.8 Å². The van der Waals surface area contributed by atoms with Crippen LogP contribution in [0, 0.1) is 11.6 Å². The highest BCUT2D eigenvalue weighted by Crippen LogP contribution is 2.29. The topological polar surface area (TPSA) is 46.5 Å². The molecule has 1 atom stereocenters. The fourth-order valence-electron chi connectivity index (χ4n) is 1.41. The summed E-state index contributed by atoms with van der Waals surface area (Å²) in [6, 6.07) is 2.16. The predicted octanol–water partition coefficient (Wildman–Crippen LogP) is 2.94. The Balaban J connectivity index is 3.11. The fraction of sp³-hybridized carbons (Fsp3) is 0.417. The number of hydrogen-bond acceptors (Lipinski definition) is 2. The summed E-state index contributed by atoms with van der Waals surface area (Å²) >= 11 is 0. The highest BCUT2D eigenvalue weighted by atomic mass is 19.1. The van der Waals surface area contributed by atoms with Gasteiger partial charge in [0.2, 0.25) is 0 Å². The van der Waals surface area contributed by atoms with Crippen molar-refractivity contribution in [2.45, 2.75) is 32.8 Å². The molecule has 0 heterocycles. The quantitative estimate of drug-likeness (QED) is 0.885. The second-order valence-corrected chi connectivity index (χ2v) is 4.03. The molecule has 94 valence electrons. The van der Waals surface area contributed by atoms with E-state index in [1.807, 2.05) is 0 Å². The van der Waals surface area contributed by atoms with Crippen LogP contribution >= 0.6 is 0 Å². The molecular formula is C12H14F2O3. The van der Waals surface area contributed by atoms with Crippen LogP contribution in [-0.2, 0) is 4.79 Å². The summed E-state index contributed by atoms with van der Waals surface area (Å²) < 4.78 is 32.1. The van der Waals surface area contributed by atoms with Crippen LogP contribution in [0.15, 0.2) is 12.1 Å². The van der Waals surface area contributed by atoms with E-state index in [4.69, 9.17) is 9.84 Å². The lowest BCUT2D eigenvalue weighted by Crippen LogP contribution is -2.23. The monoisotopic (exact) mass is 244 g/mol. The van der Waals surface area contributed by atoms with Crippen molar-refractivity contribution in [2.75, 3.05) is 0 Å². The lowest BCUT2D eigenvalue weighted by molar-refractivity contribution is -0.144. The summed E-state index contributed by atoms with van der Waals surface area (Å²) in [4.78, 5) is 10.6. The van der Waals surface area contributed by atoms with Gasteiger partial charge >= 0.3 is 5.97 Å². The zero-order chi connectivity index (χ0) is 13.2. The number of carboxylic acid groups (broad SMARTS) is 1. The van der Waals surface area contributed by atoms with Gasteiger partial charge < -0.3 is 9.84 Å². The minimum atomic E-state index is -1.21. The highest BCUT2D eigenvalue weighted by molar-refractivity contribution is 5.72. The predicted molar refractivity (Wildman–Crippen MR) is 58.2 cm³/mol. The molecule has 0 fully saturated rings. The molecule has 0 aliphatic heterocycles. The first-order chi connectivity index (χ1) is 7.84. The van der Waals surface area contributed by atoms with E-state index in [1.54, 1.807) is 13.8 Å². The van der Waals surface area contributed by atoms with Gasteiger partial charge in [-0.05, 0) is 25.0 Å². The Morgan fingerprint density at radius 1 is 1.29 bits per heavy atom. The Hall–Kier alpha value is -1.65. The molecule has 0 amide bonds. The molecule has 1 unspecified atom stereocenters. The van der Waals surface area contributed by atoms with E-state index in [0.29, 0.717) is 0 Å². The molecule has 1 aromatic carbocycles. The van der Waals surface area contributed by atoms with Crippen molar-refractivity contribution in [1.29, 1.82) is 0 Å². The minimum Gasteiger partial charge on any atom is -0.479 e. The zero-order valence-corrected chi connectivity index (χ0v) is 9.83. The summed E-state index contributed by atoms with van der Waals surface area (Å²) in [6.45, 7) is 4.57. The molecule has 0 aromatic heterocycles. The van der Waals surface area contributed by atoms with E-state index in [9.17, 15) is 13.6 Å². The second-order valence-electron chi connectivity index (χ2n) is 4.03. The molecule has 0 saturated heterocycles. The number of carbonyl (C=O) groups is 1. The fourth-order valence-corrected chi connectivity index (χ4v) is 1.41. The molecular weight excluding hydrogens is 230 g/mol. The van der Waals surface area contributed by atoms with Crippen LogP contribution in [0.25, 0.3) is 0 Å². The lowest BCUT2D eigenvalue weighted by atomic mass is 10.0. The summed E-state index contributed by atoms with van der Waals surface area (Å²) in [5.74, 6) is -3.30. The van der Waals surface area contributed by atoms with Gasteiger partial charge in [-0.15, -0.1) is 0 Å². The Morgan fingerprint density at radius 3 is 2.35 bits per heavy atom. The molecule has 17 heavy (non-hydrogen) atoms. The lowest BCUT2D eigenvalue weighted by Gasteiger charge is -2.15. The van der Waals surface area contributed by atoms with Crippen molar-refractivity contribution < 1.29 is 23.4 Å². The number of aliphatic carboxylic acids is 1. The maximum Gasteiger partial charge on any atom is 0.344 e. The average Bonchev–Trinajstić information content (AvgIpc) is 2.21. The Kier molecular flexibility index (Phi) is 4.04. The minimum absolute atomic E-state index is 0.0971. The maximum atomic E-state index is 13.8. The number of carboxylic acids is 1. The van der Waals surface area contributed by atoms with Crippen LogP contribution in [0.4, 0.5) is 8.78 Å². The molecule has 0 aliphatic rings. The molecule has 1 N–H and O–H groups in total. The molecule has 1 aromatic rings. The number of halogens is 2. The standard InChI is InChI=1S/C12H14F2O3/c1-6(2)10-8(13)4-5-9(11(10)14)17-7(3)12(15)16/h4-7H,1-3H3,(H,15,16). The van der Waals surface area contributed by atoms with Crippen molar-refractivity contribution in [3.05, 3.63) is 29.3 Å². The van der Waals surface area contributed by atoms with Gasteiger partial charge in [-0.3, -0.25) is 0 Å². The van der Waals surface area contributed by atoms with Crippen LogP contribution < -0.4 is 4.74 Å². The molecule has 0 saturated carbocycles. The highest BCUT2D eigenvalue weighted by Gasteiger charge is 2.20. The number of hydrogen-bond donors (Lipinski definition) is 1. The van der Waals surface area contributed by atoms with Crippen molar-refractivity contribution in [2.24, 2.45) is 0 Å². The smallest absolute Gasteiger partial charge is 0.344 e. The first kappa shape index (κ1) is 13.4. The van der Waals surface area contributed by atoms with Crippen LogP contribution in [0.3, 0.4) is 0 Å². The van der Waals surface area contributed by atoms with Gasteiger partial charge in [-0.2, -0.15) is 0 Å². The van der Waals surface area contributed by atoms with Crippen LogP contribution in [-0.4, -0.2) is 17.2 Å². The first-order valence-corrected chi connectivity index (χ1v) is 5.22. The van der Waals surface area contributed by atoms with Crippen molar-refractivity contribution in [3.63, 3.8) is 0 Å². The Bertz CT molecular complexity index is 430. The normalized spacial score (nSPS) is 12.6. The molecule has 3 nitrogen and oxygen atoms in total. The largest absolute Gasteiger partial charge is 0.479 e. The molecule has 0 radical (unpaired) electrons. The van der Waals surface area contributed by atoms with E-state index >= 15 is 0 Å². The molecule has 0 bridgehead atoms. The third kappa shape index (κ3) is 2.93. The van der Waals surface area contributed by atoms with Gasteiger partial charge in [-0.25, -0.2) is 13.6 Å². The third-order valence-corrected chi connectivity index (χ3v) is 2.32. The second kappa shape index (κ2) is 5.12. The summed E-state index contributed by atoms with van der Waals surface area (Å²) in [5, 5.41) is 8.65. The van der Waals surface area contributed by atoms with E-state index in [0.717, 1.165) is 12.1 Å². The maximum absolute atomic E-state index is 13.8. The van der Waals surface area contributed by atoms with Gasteiger partial charge in [0.05, 0.1) is 0 Å². The van der Waals surface area contributed by atoms with Crippen LogP contribution in [0.5, 0.6) is 5.75 Å². The van der Waals surface area contributed by atoms with Crippen molar-refractivity contribution >= 4 is 5.97 Å². The number of benzene rings is 1. The SMILES string of the molecule is CC(Oc1ccc(F)c(C(C)C)c1F)C(=O)O. The van der Waals surface area contributed by atoms with E-state index in [1.165, 1.54) is 6.92 Å². The molecule has 0 spiro atoms. The number of ether oxygens (including phenoxy) is 1. The first-order valence-electron chi connectivity index (χ1n) is 5.22. The summed E-state index contributed by atoms with van der Waals surface area (Å²) in [7, 11) is 0. The Labute approximate surface area is 98.0 Å². The van der Waals surface area contributed by atoms with Gasteiger partial charge in [0.15, 0.2) is 17.7 Å². The molecule has 0 aliphatic carbocycles. The van der Waals surface area contributed by atoms with Crippen molar-refractivity contribution in [1.82, 2.24) is 0 Å². The van der Waals surface area contributed by atoms with E-state index in [2.05, 4.69) is 0 Å². The summed E-state index contributed by atoms with van der Waals surface area (Å²) in [6.07, 6.45) is -1.19. The third-order valence-electron chi connectivity index (χ3n) is 2.32. The van der Waals surface area contributed by atoms with Crippen molar-refractivity contribution in [3.8, 4) is 5.75 Å². The average molecular weight is 244 g/mol. The van der Waals surface area contributed by atoms with Crippen LogP contribution in [0.1, 0.15) is 32.3 Å². The number of rotatable bonds is 4. The zero-order valence-electron chi connectivity index (χ0n) is 9.83. The Morgan fingerprint density at radius 2 is 1.88 bits per heavy atom.